The summed E-state index contributed by atoms with van der Waals surface area (Å²) < 4.78 is 5.96. The van der Waals surface area contributed by atoms with Gasteiger partial charge in [-0.25, -0.2) is 0 Å². The Morgan fingerprint density at radius 1 is 1.05 bits per heavy atom. The maximum atomic E-state index is 5.96. The van der Waals surface area contributed by atoms with Gasteiger partial charge >= 0.3 is 0 Å². The Morgan fingerprint density at radius 3 is 2.52 bits per heavy atom. The highest BCUT2D eigenvalue weighted by Crippen LogP contribution is 2.27. The predicted molar refractivity (Wildman–Crippen MR) is 92.4 cm³/mol. The van der Waals surface area contributed by atoms with Gasteiger partial charge in [-0.1, -0.05) is 58.6 Å². The Hall–Kier alpha value is -1.02. The maximum Gasteiger partial charge on any atom is 0.123 e. The minimum absolute atomic E-state index is 0.507. The molecule has 120 valence electrons. The van der Waals surface area contributed by atoms with E-state index < -0.39 is 0 Å². The third-order valence-electron chi connectivity index (χ3n) is 3.78. The first-order valence-corrected chi connectivity index (χ1v) is 8.59. The fourth-order valence-electron chi connectivity index (χ4n) is 2.46. The lowest BCUT2D eigenvalue weighted by atomic mass is 10.0. The summed E-state index contributed by atoms with van der Waals surface area (Å²) in [7, 11) is 0. The molecule has 0 aliphatic carbocycles. The second kappa shape index (κ2) is 10.7. The molecule has 2 heteroatoms. The molecule has 0 unspecified atom stereocenters. The summed E-state index contributed by atoms with van der Waals surface area (Å²) in [6.07, 6.45) is 6.68. The molecule has 0 bridgehead atoms. The molecule has 0 aromatic heterocycles. The molecule has 0 amide bonds. The monoisotopic (exact) mass is 291 g/mol. The minimum Gasteiger partial charge on any atom is -0.492 e. The van der Waals surface area contributed by atoms with Crippen molar-refractivity contribution in [3.8, 4) is 5.75 Å². The third kappa shape index (κ3) is 7.52. The van der Waals surface area contributed by atoms with Crippen LogP contribution in [0.15, 0.2) is 18.2 Å². The number of hydrogen-bond acceptors (Lipinski definition) is 2. The maximum absolute atomic E-state index is 5.96. The van der Waals surface area contributed by atoms with E-state index in [0.29, 0.717) is 5.92 Å². The molecular formula is C19H33NO. The smallest absolute Gasteiger partial charge is 0.123 e. The molecule has 2 nitrogen and oxygen atoms in total. The highest BCUT2D eigenvalue weighted by atomic mass is 16.5. The van der Waals surface area contributed by atoms with Gasteiger partial charge in [0.15, 0.2) is 0 Å². The quantitative estimate of drug-likeness (QED) is 0.576. The Bertz CT molecular complexity index is 387. The van der Waals surface area contributed by atoms with Crippen LogP contribution in [-0.4, -0.2) is 19.7 Å². The minimum atomic E-state index is 0.507. The van der Waals surface area contributed by atoms with E-state index in [9.17, 15) is 0 Å². The van der Waals surface area contributed by atoms with Crippen LogP contribution in [0.2, 0.25) is 0 Å². The van der Waals surface area contributed by atoms with Crippen LogP contribution in [0, 0.1) is 6.92 Å². The number of unbranched alkanes of at least 4 members (excludes halogenated alkanes) is 4. The molecule has 0 fully saturated rings. The molecule has 0 saturated carbocycles. The number of rotatable bonds is 11. The van der Waals surface area contributed by atoms with Crippen molar-refractivity contribution in [3.05, 3.63) is 29.3 Å². The van der Waals surface area contributed by atoms with Gasteiger partial charge in [0, 0.05) is 6.54 Å². The zero-order chi connectivity index (χ0) is 15.5. The zero-order valence-electron chi connectivity index (χ0n) is 14.4. The first kappa shape index (κ1) is 18.0. The van der Waals surface area contributed by atoms with Gasteiger partial charge in [0.1, 0.15) is 12.4 Å². The number of nitrogens with one attached hydrogen (secondary N) is 1. The Labute approximate surface area is 131 Å². The van der Waals surface area contributed by atoms with Crippen LogP contribution in [0.25, 0.3) is 0 Å². The number of hydrogen-bond donors (Lipinski definition) is 1. The molecule has 1 N–H and O–H groups in total. The molecule has 0 aliphatic rings. The normalized spacial score (nSPS) is 11.1. The van der Waals surface area contributed by atoms with Crippen molar-refractivity contribution in [2.45, 2.75) is 65.7 Å². The molecule has 0 saturated heterocycles. The molecule has 0 heterocycles. The molecule has 1 aromatic rings. The van der Waals surface area contributed by atoms with Crippen molar-refractivity contribution >= 4 is 0 Å². The number of ether oxygens (including phenoxy) is 1. The van der Waals surface area contributed by atoms with Gasteiger partial charge < -0.3 is 10.1 Å². The molecule has 21 heavy (non-hydrogen) atoms. The highest BCUT2D eigenvalue weighted by molar-refractivity contribution is 5.39. The van der Waals surface area contributed by atoms with Crippen molar-refractivity contribution in [2.24, 2.45) is 0 Å². The summed E-state index contributed by atoms with van der Waals surface area (Å²) in [6.45, 7) is 11.6. The van der Waals surface area contributed by atoms with Crippen LogP contribution in [0.3, 0.4) is 0 Å². The van der Waals surface area contributed by atoms with E-state index in [1.165, 1.54) is 43.2 Å². The lowest BCUT2D eigenvalue weighted by Crippen LogP contribution is -2.22. The van der Waals surface area contributed by atoms with Crippen LogP contribution in [-0.2, 0) is 0 Å². The van der Waals surface area contributed by atoms with E-state index >= 15 is 0 Å². The second-order valence-electron chi connectivity index (χ2n) is 6.21. The van der Waals surface area contributed by atoms with Crippen molar-refractivity contribution in [2.75, 3.05) is 19.7 Å². The largest absolute Gasteiger partial charge is 0.492 e. The lowest BCUT2D eigenvalue weighted by molar-refractivity contribution is 0.309. The van der Waals surface area contributed by atoms with Crippen LogP contribution >= 0.6 is 0 Å². The molecule has 0 radical (unpaired) electrons. The third-order valence-corrected chi connectivity index (χ3v) is 3.78. The average Bonchev–Trinajstić information content (AvgIpc) is 2.45. The van der Waals surface area contributed by atoms with Gasteiger partial charge in [-0.15, -0.1) is 0 Å². The first-order valence-electron chi connectivity index (χ1n) is 8.59. The van der Waals surface area contributed by atoms with E-state index in [0.717, 1.165) is 25.4 Å². The van der Waals surface area contributed by atoms with Gasteiger partial charge in [-0.05, 0) is 43.0 Å². The van der Waals surface area contributed by atoms with Crippen molar-refractivity contribution in [1.29, 1.82) is 0 Å². The van der Waals surface area contributed by atoms with Gasteiger partial charge in [0.2, 0.25) is 0 Å². The second-order valence-corrected chi connectivity index (χ2v) is 6.21. The predicted octanol–water partition coefficient (Wildman–Crippen LogP) is 5.06. The SMILES string of the molecule is CCCCCCCNCCOc1cc(C)ccc1C(C)C. The standard InChI is InChI=1S/C19H33NO/c1-5-6-7-8-9-12-20-13-14-21-19-15-17(4)10-11-18(19)16(2)3/h10-11,15-16,20H,5-9,12-14H2,1-4H3. The van der Waals surface area contributed by atoms with Crippen LogP contribution in [0.4, 0.5) is 0 Å². The number of benzene rings is 1. The molecule has 0 atom stereocenters. The summed E-state index contributed by atoms with van der Waals surface area (Å²) in [6, 6.07) is 6.51. The van der Waals surface area contributed by atoms with Crippen molar-refractivity contribution < 1.29 is 4.74 Å². The van der Waals surface area contributed by atoms with Gasteiger partial charge in [-0.3, -0.25) is 0 Å². The molecule has 1 rings (SSSR count). The molecule has 1 aromatic carbocycles. The molecular weight excluding hydrogens is 258 g/mol. The van der Waals surface area contributed by atoms with Crippen molar-refractivity contribution in [3.63, 3.8) is 0 Å². The Kier molecular flexibility index (Phi) is 9.16. The zero-order valence-corrected chi connectivity index (χ0v) is 14.4. The van der Waals surface area contributed by atoms with Crippen LogP contribution < -0.4 is 10.1 Å². The summed E-state index contributed by atoms with van der Waals surface area (Å²) in [5.74, 6) is 1.56. The van der Waals surface area contributed by atoms with E-state index in [1.54, 1.807) is 0 Å². The summed E-state index contributed by atoms with van der Waals surface area (Å²) in [5, 5.41) is 3.47. The lowest BCUT2D eigenvalue weighted by Gasteiger charge is -2.15. The van der Waals surface area contributed by atoms with Gasteiger partial charge in [0.25, 0.3) is 0 Å². The van der Waals surface area contributed by atoms with E-state index in [1.807, 2.05) is 0 Å². The van der Waals surface area contributed by atoms with Crippen molar-refractivity contribution in [1.82, 2.24) is 5.32 Å². The van der Waals surface area contributed by atoms with Gasteiger partial charge in [0.05, 0.1) is 0 Å². The average molecular weight is 291 g/mol. The van der Waals surface area contributed by atoms with E-state index in [4.69, 9.17) is 4.74 Å². The Balaban J connectivity index is 2.19. The van der Waals surface area contributed by atoms with E-state index in [2.05, 4.69) is 51.2 Å². The highest BCUT2D eigenvalue weighted by Gasteiger charge is 2.07. The molecule has 0 aliphatic heterocycles. The first-order chi connectivity index (χ1) is 10.1. The van der Waals surface area contributed by atoms with Crippen LogP contribution in [0.1, 0.15) is 69.9 Å². The topological polar surface area (TPSA) is 21.3 Å². The fraction of sp³-hybridized carbons (Fsp3) is 0.684. The van der Waals surface area contributed by atoms with E-state index in [-0.39, 0.29) is 0 Å². The number of aryl methyl sites for hydroxylation is 1. The summed E-state index contributed by atoms with van der Waals surface area (Å²) in [5.41, 5.74) is 2.57. The molecule has 0 spiro atoms. The summed E-state index contributed by atoms with van der Waals surface area (Å²) >= 11 is 0. The Morgan fingerprint density at radius 2 is 1.81 bits per heavy atom. The summed E-state index contributed by atoms with van der Waals surface area (Å²) in [4.78, 5) is 0. The fourth-order valence-corrected chi connectivity index (χ4v) is 2.46. The van der Waals surface area contributed by atoms with Gasteiger partial charge in [-0.2, -0.15) is 0 Å². The van der Waals surface area contributed by atoms with Crippen LogP contribution in [0.5, 0.6) is 5.75 Å².